The quantitative estimate of drug-likeness (QED) is 0.832. The van der Waals surface area contributed by atoms with E-state index in [1.54, 1.807) is 30.5 Å². The maximum absolute atomic E-state index is 12.2. The van der Waals surface area contributed by atoms with Crippen LogP contribution >= 0.6 is 11.3 Å². The number of anilines is 1. The smallest absolute Gasteiger partial charge is 0.341 e. The number of carbonyl (C=O) groups is 2. The van der Waals surface area contributed by atoms with Crippen LogP contribution in [-0.4, -0.2) is 18.5 Å². The second kappa shape index (κ2) is 7.01. The molecule has 0 aliphatic rings. The van der Waals surface area contributed by atoms with Crippen molar-refractivity contribution in [1.29, 1.82) is 0 Å². The number of thiophene rings is 1. The standard InChI is InChI=1S/C15H16N2O3S/c1-2-20-15(19)11-8-9-21-14(11)17-13(18)12(16)10-6-4-3-5-7-10/h3-9,12H,2,16H2,1H3,(H,17,18)/t12-/m1/s1. The van der Waals surface area contributed by atoms with Crippen LogP contribution in [-0.2, 0) is 9.53 Å². The van der Waals surface area contributed by atoms with Gasteiger partial charge in [-0.2, -0.15) is 0 Å². The van der Waals surface area contributed by atoms with Crippen LogP contribution in [0.4, 0.5) is 5.00 Å². The first-order valence-corrected chi connectivity index (χ1v) is 7.37. The minimum absolute atomic E-state index is 0.283. The fourth-order valence-electron chi connectivity index (χ4n) is 1.78. The summed E-state index contributed by atoms with van der Waals surface area (Å²) in [6.07, 6.45) is 0. The third-order valence-corrected chi connectivity index (χ3v) is 3.67. The number of hydrogen-bond donors (Lipinski definition) is 2. The first-order chi connectivity index (χ1) is 10.1. The van der Waals surface area contributed by atoms with Crippen molar-refractivity contribution in [2.75, 3.05) is 11.9 Å². The van der Waals surface area contributed by atoms with E-state index in [4.69, 9.17) is 10.5 Å². The molecule has 0 saturated carbocycles. The Kier molecular flexibility index (Phi) is 5.08. The van der Waals surface area contributed by atoms with Crippen molar-refractivity contribution >= 4 is 28.2 Å². The highest BCUT2D eigenvalue weighted by molar-refractivity contribution is 7.14. The van der Waals surface area contributed by atoms with E-state index in [0.717, 1.165) is 0 Å². The van der Waals surface area contributed by atoms with E-state index in [-0.39, 0.29) is 12.5 Å². The van der Waals surface area contributed by atoms with Gasteiger partial charge in [0.15, 0.2) is 0 Å². The van der Waals surface area contributed by atoms with Gasteiger partial charge in [-0.1, -0.05) is 30.3 Å². The number of esters is 1. The molecule has 6 heteroatoms. The minimum Gasteiger partial charge on any atom is -0.462 e. The van der Waals surface area contributed by atoms with Crippen molar-refractivity contribution in [3.8, 4) is 0 Å². The molecule has 1 atom stereocenters. The molecule has 0 bridgehead atoms. The van der Waals surface area contributed by atoms with Gasteiger partial charge in [0.2, 0.25) is 5.91 Å². The Balaban J connectivity index is 2.10. The van der Waals surface area contributed by atoms with E-state index in [1.165, 1.54) is 11.3 Å². The molecule has 0 unspecified atom stereocenters. The van der Waals surface area contributed by atoms with Gasteiger partial charge < -0.3 is 15.8 Å². The summed E-state index contributed by atoms with van der Waals surface area (Å²) in [5, 5.41) is 4.85. The highest BCUT2D eigenvalue weighted by atomic mass is 32.1. The van der Waals surface area contributed by atoms with Crippen LogP contribution in [0, 0.1) is 0 Å². The van der Waals surface area contributed by atoms with Crippen molar-refractivity contribution in [2.24, 2.45) is 5.73 Å². The first kappa shape index (κ1) is 15.2. The summed E-state index contributed by atoms with van der Waals surface area (Å²) in [5.41, 5.74) is 6.97. The number of nitrogens with one attached hydrogen (secondary N) is 1. The molecule has 1 aromatic carbocycles. The van der Waals surface area contributed by atoms with Gasteiger partial charge in [-0.05, 0) is 23.9 Å². The van der Waals surface area contributed by atoms with E-state index in [0.29, 0.717) is 16.1 Å². The summed E-state index contributed by atoms with van der Waals surface area (Å²) in [6.45, 7) is 2.01. The maximum Gasteiger partial charge on any atom is 0.341 e. The zero-order valence-corrected chi connectivity index (χ0v) is 12.4. The Morgan fingerprint density at radius 3 is 2.67 bits per heavy atom. The van der Waals surface area contributed by atoms with E-state index in [2.05, 4.69) is 5.32 Å². The summed E-state index contributed by atoms with van der Waals surface area (Å²) in [7, 11) is 0. The van der Waals surface area contributed by atoms with Crippen LogP contribution in [0.3, 0.4) is 0 Å². The molecule has 0 saturated heterocycles. The fraction of sp³-hybridized carbons (Fsp3) is 0.200. The molecular weight excluding hydrogens is 288 g/mol. The number of amides is 1. The van der Waals surface area contributed by atoms with Gasteiger partial charge in [-0.3, -0.25) is 4.79 Å². The predicted molar refractivity (Wildman–Crippen MR) is 82.3 cm³/mol. The van der Waals surface area contributed by atoms with Gasteiger partial charge in [0.1, 0.15) is 11.0 Å². The third kappa shape index (κ3) is 3.68. The number of rotatable bonds is 5. The van der Waals surface area contributed by atoms with Crippen LogP contribution in [0.2, 0.25) is 0 Å². The lowest BCUT2D eigenvalue weighted by molar-refractivity contribution is -0.117. The van der Waals surface area contributed by atoms with Crippen molar-refractivity contribution in [3.05, 3.63) is 52.9 Å². The molecule has 1 aromatic heterocycles. The molecule has 0 aliphatic carbocycles. The lowest BCUT2D eigenvalue weighted by Crippen LogP contribution is -2.28. The monoisotopic (exact) mass is 304 g/mol. The molecule has 1 amide bonds. The van der Waals surface area contributed by atoms with Gasteiger partial charge in [-0.25, -0.2) is 4.79 Å². The zero-order valence-electron chi connectivity index (χ0n) is 11.5. The van der Waals surface area contributed by atoms with Crippen LogP contribution in [0.25, 0.3) is 0 Å². The Hall–Kier alpha value is -2.18. The van der Waals surface area contributed by atoms with Crippen LogP contribution in [0.15, 0.2) is 41.8 Å². The molecule has 21 heavy (non-hydrogen) atoms. The normalized spacial score (nSPS) is 11.7. The molecule has 1 heterocycles. The topological polar surface area (TPSA) is 81.4 Å². The Morgan fingerprint density at radius 1 is 1.29 bits per heavy atom. The lowest BCUT2D eigenvalue weighted by Gasteiger charge is -2.12. The van der Waals surface area contributed by atoms with Crippen LogP contribution in [0.5, 0.6) is 0 Å². The van der Waals surface area contributed by atoms with Crippen LogP contribution < -0.4 is 11.1 Å². The SMILES string of the molecule is CCOC(=O)c1ccsc1NC(=O)[C@H](N)c1ccccc1. The maximum atomic E-state index is 12.2. The second-order valence-corrected chi connectivity index (χ2v) is 5.18. The summed E-state index contributed by atoms with van der Waals surface area (Å²) < 4.78 is 4.94. The van der Waals surface area contributed by atoms with Gasteiger partial charge in [-0.15, -0.1) is 11.3 Å². The van der Waals surface area contributed by atoms with Gasteiger partial charge in [0.05, 0.1) is 12.2 Å². The molecule has 5 nitrogen and oxygen atoms in total. The summed E-state index contributed by atoms with van der Waals surface area (Å²) in [6, 6.07) is 9.88. The van der Waals surface area contributed by atoms with Gasteiger partial charge >= 0.3 is 5.97 Å². The van der Waals surface area contributed by atoms with E-state index >= 15 is 0 Å². The molecule has 2 aromatic rings. The highest BCUT2D eigenvalue weighted by Gasteiger charge is 2.20. The van der Waals surface area contributed by atoms with Gasteiger partial charge in [0, 0.05) is 0 Å². The number of nitrogens with two attached hydrogens (primary N) is 1. The van der Waals surface area contributed by atoms with Crippen LogP contribution in [0.1, 0.15) is 28.9 Å². The average Bonchev–Trinajstić information content (AvgIpc) is 2.95. The molecule has 0 aliphatic heterocycles. The van der Waals surface area contributed by atoms with E-state index < -0.39 is 12.0 Å². The summed E-state index contributed by atoms with van der Waals surface area (Å²) >= 11 is 1.26. The Morgan fingerprint density at radius 2 is 2.00 bits per heavy atom. The fourth-order valence-corrected chi connectivity index (χ4v) is 2.56. The highest BCUT2D eigenvalue weighted by Crippen LogP contribution is 2.25. The van der Waals surface area contributed by atoms with Gasteiger partial charge in [0.25, 0.3) is 0 Å². The minimum atomic E-state index is -0.789. The third-order valence-electron chi connectivity index (χ3n) is 2.84. The molecule has 110 valence electrons. The molecular formula is C15H16N2O3S. The van der Waals surface area contributed by atoms with Crippen molar-refractivity contribution in [1.82, 2.24) is 0 Å². The number of carbonyl (C=O) groups excluding carboxylic acids is 2. The Bertz CT molecular complexity index is 625. The molecule has 2 rings (SSSR count). The Labute approximate surface area is 126 Å². The van der Waals surface area contributed by atoms with Crippen molar-refractivity contribution < 1.29 is 14.3 Å². The second-order valence-electron chi connectivity index (χ2n) is 4.26. The largest absolute Gasteiger partial charge is 0.462 e. The molecule has 0 fully saturated rings. The number of ether oxygens (including phenoxy) is 1. The number of benzene rings is 1. The summed E-state index contributed by atoms with van der Waals surface area (Å²) in [5.74, 6) is -0.823. The summed E-state index contributed by atoms with van der Waals surface area (Å²) in [4.78, 5) is 23.9. The van der Waals surface area contributed by atoms with Crippen molar-refractivity contribution in [3.63, 3.8) is 0 Å². The average molecular weight is 304 g/mol. The number of hydrogen-bond acceptors (Lipinski definition) is 5. The zero-order chi connectivity index (χ0) is 15.2. The molecule has 3 N–H and O–H groups in total. The molecule has 0 radical (unpaired) electrons. The predicted octanol–water partition coefficient (Wildman–Crippen LogP) is 2.56. The lowest BCUT2D eigenvalue weighted by atomic mass is 10.1. The molecule has 0 spiro atoms. The first-order valence-electron chi connectivity index (χ1n) is 6.49. The van der Waals surface area contributed by atoms with E-state index in [1.807, 2.05) is 18.2 Å². The van der Waals surface area contributed by atoms with Crippen molar-refractivity contribution in [2.45, 2.75) is 13.0 Å². The van der Waals surface area contributed by atoms with E-state index in [9.17, 15) is 9.59 Å².